The zero-order valence-corrected chi connectivity index (χ0v) is 10.3. The molecule has 0 saturated carbocycles. The third-order valence-corrected chi connectivity index (χ3v) is 3.31. The lowest BCUT2D eigenvalue weighted by Gasteiger charge is -2.27. The number of hydrogen-bond acceptors (Lipinski definition) is 6. The van der Waals surface area contributed by atoms with Crippen molar-refractivity contribution in [3.05, 3.63) is 0 Å². The lowest BCUT2D eigenvalue weighted by Crippen LogP contribution is -2.42. The van der Waals surface area contributed by atoms with Crippen molar-refractivity contribution in [2.45, 2.75) is 18.6 Å². The third-order valence-electron chi connectivity index (χ3n) is 2.49. The summed E-state index contributed by atoms with van der Waals surface area (Å²) in [7, 11) is -5.92. The number of aliphatic hydroxyl groups excluding tert-OH is 2. The molecule has 0 aliphatic rings. The maximum atomic E-state index is 12.8. The molecule has 0 aliphatic carbocycles. The fraction of sp³-hybridized carbons (Fsp3) is 0.875. The Morgan fingerprint density at radius 3 is 2.00 bits per heavy atom. The van der Waals surface area contributed by atoms with Gasteiger partial charge >= 0.3 is 21.3 Å². The van der Waals surface area contributed by atoms with E-state index in [0.717, 1.165) is 0 Å². The van der Waals surface area contributed by atoms with Crippen LogP contribution in [0.1, 0.15) is 13.3 Å². The summed E-state index contributed by atoms with van der Waals surface area (Å²) in [6.45, 7) is -0.600. The largest absolute Gasteiger partial charge is 0.465 e. The van der Waals surface area contributed by atoms with Gasteiger partial charge in [-0.05, 0) is 6.42 Å². The highest BCUT2D eigenvalue weighted by Gasteiger charge is 2.54. The van der Waals surface area contributed by atoms with Gasteiger partial charge in [0, 0.05) is 0 Å². The van der Waals surface area contributed by atoms with Gasteiger partial charge in [-0.3, -0.25) is 4.55 Å². The van der Waals surface area contributed by atoms with Crippen LogP contribution in [-0.4, -0.2) is 54.2 Å². The van der Waals surface area contributed by atoms with Crippen LogP contribution in [0.15, 0.2) is 0 Å². The van der Waals surface area contributed by atoms with Crippen LogP contribution in [0, 0.1) is 5.41 Å². The quantitative estimate of drug-likeness (QED) is 0.423. The molecule has 3 N–H and O–H groups in total. The van der Waals surface area contributed by atoms with Gasteiger partial charge in [0.1, 0.15) is 6.61 Å². The molecule has 0 amide bonds. The number of rotatable bonds is 7. The summed E-state index contributed by atoms with van der Waals surface area (Å²) in [5.41, 5.74) is -1.34. The second-order valence-corrected chi connectivity index (χ2v) is 5.20. The Bertz CT molecular complexity index is 380. The summed E-state index contributed by atoms with van der Waals surface area (Å²) in [5.74, 6) is -2.47. The molecule has 18 heavy (non-hydrogen) atoms. The number of esters is 1. The van der Waals surface area contributed by atoms with E-state index in [-0.39, 0.29) is 6.42 Å². The molecule has 7 nitrogen and oxygen atoms in total. The predicted molar refractivity (Wildman–Crippen MR) is 54.4 cm³/mol. The van der Waals surface area contributed by atoms with Crippen LogP contribution < -0.4 is 0 Å². The fourth-order valence-electron chi connectivity index (χ4n) is 0.875. The lowest BCUT2D eigenvalue weighted by atomic mass is 9.88. The average Bonchev–Trinajstić information content (AvgIpc) is 2.29. The van der Waals surface area contributed by atoms with E-state index in [1.54, 1.807) is 0 Å². The molecule has 0 heterocycles. The van der Waals surface area contributed by atoms with Crippen LogP contribution in [0.4, 0.5) is 8.78 Å². The first kappa shape index (κ1) is 17.2. The normalized spacial score (nSPS) is 13.4. The minimum atomic E-state index is -5.92. The van der Waals surface area contributed by atoms with Crippen LogP contribution in [0.25, 0.3) is 0 Å². The summed E-state index contributed by atoms with van der Waals surface area (Å²) in [6, 6.07) is 0. The van der Waals surface area contributed by atoms with Gasteiger partial charge < -0.3 is 14.9 Å². The molecule has 0 aromatic carbocycles. The van der Waals surface area contributed by atoms with Gasteiger partial charge in [-0.15, -0.1) is 0 Å². The van der Waals surface area contributed by atoms with E-state index in [1.807, 2.05) is 0 Å². The molecule has 0 saturated heterocycles. The van der Waals surface area contributed by atoms with Crippen molar-refractivity contribution in [3.8, 4) is 0 Å². The molecule has 0 aromatic heterocycles. The molecule has 0 aromatic rings. The van der Waals surface area contributed by atoms with E-state index in [9.17, 15) is 22.0 Å². The van der Waals surface area contributed by atoms with Gasteiger partial charge in [-0.2, -0.15) is 17.2 Å². The second kappa shape index (κ2) is 5.87. The zero-order valence-electron chi connectivity index (χ0n) is 9.47. The molecular weight excluding hydrogens is 278 g/mol. The Hall–Kier alpha value is -0.840. The molecule has 0 rings (SSSR count). The molecular formula is C8H14F2O7S. The van der Waals surface area contributed by atoms with Gasteiger partial charge in [0.2, 0.25) is 0 Å². The first-order valence-electron chi connectivity index (χ1n) is 4.80. The number of aliphatic hydroxyl groups is 2. The van der Waals surface area contributed by atoms with Gasteiger partial charge in [0.05, 0.1) is 18.6 Å². The Morgan fingerprint density at radius 2 is 1.72 bits per heavy atom. The highest BCUT2D eigenvalue weighted by atomic mass is 32.2. The molecule has 0 aliphatic heterocycles. The first-order chi connectivity index (χ1) is 8.06. The van der Waals surface area contributed by atoms with Crippen molar-refractivity contribution in [3.63, 3.8) is 0 Å². The van der Waals surface area contributed by atoms with E-state index >= 15 is 0 Å². The SMILES string of the molecule is CCC(CO)(CO)COC(=O)C(F)(F)S(=O)(=O)O. The highest BCUT2D eigenvalue weighted by molar-refractivity contribution is 7.87. The van der Waals surface area contributed by atoms with Crippen LogP contribution in [0.5, 0.6) is 0 Å². The maximum absolute atomic E-state index is 12.8. The van der Waals surface area contributed by atoms with Crippen molar-refractivity contribution < 1.29 is 41.5 Å². The summed E-state index contributed by atoms with van der Waals surface area (Å²) in [6.07, 6.45) is 0.102. The van der Waals surface area contributed by atoms with Crippen molar-refractivity contribution in [2.24, 2.45) is 5.41 Å². The Balaban J connectivity index is 4.80. The van der Waals surface area contributed by atoms with Crippen molar-refractivity contribution in [2.75, 3.05) is 19.8 Å². The van der Waals surface area contributed by atoms with Crippen molar-refractivity contribution >= 4 is 16.1 Å². The number of carbonyl (C=O) groups excluding carboxylic acids is 1. The monoisotopic (exact) mass is 292 g/mol. The molecule has 0 radical (unpaired) electrons. The van der Waals surface area contributed by atoms with Crippen molar-refractivity contribution in [1.29, 1.82) is 0 Å². The standard InChI is InChI=1S/C8H14F2O7S/c1-2-7(3-11,4-12)5-17-6(13)8(9,10)18(14,15)16/h11-12H,2-5H2,1H3,(H,14,15,16). The zero-order chi connectivity index (χ0) is 14.6. The fourth-order valence-corrected chi connectivity index (χ4v) is 1.14. The third kappa shape index (κ3) is 3.57. The smallest absolute Gasteiger partial charge is 0.460 e. The molecule has 108 valence electrons. The Kier molecular flexibility index (Phi) is 5.59. The summed E-state index contributed by atoms with van der Waals surface area (Å²) >= 11 is 0. The number of alkyl halides is 2. The molecule has 0 bridgehead atoms. The van der Waals surface area contributed by atoms with E-state index < -0.39 is 46.6 Å². The van der Waals surface area contributed by atoms with E-state index in [4.69, 9.17) is 14.8 Å². The minimum Gasteiger partial charge on any atom is -0.460 e. The first-order valence-corrected chi connectivity index (χ1v) is 6.24. The van der Waals surface area contributed by atoms with Gasteiger partial charge in [-0.1, -0.05) is 6.92 Å². The van der Waals surface area contributed by atoms with Crippen LogP contribution in [-0.2, 0) is 19.6 Å². The number of halogens is 2. The van der Waals surface area contributed by atoms with Crippen LogP contribution >= 0.6 is 0 Å². The Labute approximate surface area is 102 Å². The average molecular weight is 292 g/mol. The number of hydrogen-bond donors (Lipinski definition) is 3. The van der Waals surface area contributed by atoms with E-state index in [1.165, 1.54) is 6.92 Å². The van der Waals surface area contributed by atoms with Gasteiger partial charge in [0.15, 0.2) is 0 Å². The van der Waals surface area contributed by atoms with Crippen LogP contribution in [0.3, 0.4) is 0 Å². The number of carbonyl (C=O) groups is 1. The molecule has 0 unspecified atom stereocenters. The second-order valence-electron chi connectivity index (χ2n) is 3.74. The summed E-state index contributed by atoms with van der Waals surface area (Å²) in [4.78, 5) is 10.8. The van der Waals surface area contributed by atoms with Gasteiger partial charge in [0.25, 0.3) is 0 Å². The maximum Gasteiger partial charge on any atom is 0.465 e. The Morgan fingerprint density at radius 1 is 1.28 bits per heavy atom. The molecule has 0 atom stereocenters. The topological polar surface area (TPSA) is 121 Å². The minimum absolute atomic E-state index is 0.102. The summed E-state index contributed by atoms with van der Waals surface area (Å²) in [5, 5.41) is 12.8. The predicted octanol–water partition coefficient (Wildman–Crippen LogP) is -0.609. The molecule has 10 heteroatoms. The molecule has 0 spiro atoms. The van der Waals surface area contributed by atoms with E-state index in [0.29, 0.717) is 0 Å². The van der Waals surface area contributed by atoms with E-state index in [2.05, 4.69) is 4.74 Å². The van der Waals surface area contributed by atoms with Crippen LogP contribution in [0.2, 0.25) is 0 Å². The highest BCUT2D eigenvalue weighted by Crippen LogP contribution is 2.25. The lowest BCUT2D eigenvalue weighted by molar-refractivity contribution is -0.167. The van der Waals surface area contributed by atoms with Crippen molar-refractivity contribution in [1.82, 2.24) is 0 Å². The summed E-state index contributed by atoms with van der Waals surface area (Å²) < 4.78 is 58.2. The van der Waals surface area contributed by atoms with Gasteiger partial charge in [-0.25, -0.2) is 4.79 Å². The molecule has 0 fully saturated rings. The number of ether oxygens (including phenoxy) is 1.